The van der Waals surface area contributed by atoms with Gasteiger partial charge in [0.1, 0.15) is 5.01 Å². The molecular formula is C21H19N3OS. The third-order valence-corrected chi connectivity index (χ3v) is 5.35. The summed E-state index contributed by atoms with van der Waals surface area (Å²) in [5.41, 5.74) is 4.98. The standard InChI is InChI=1S/C21H19N3OS/c1-14-13-26-21(24-14)16-6-4-5-15(11-16)20(25)22-10-9-17-12-23-19-8-3-2-7-18(17)19/h2-8,11-13,23H,9-10H2,1H3,(H,22,25). The van der Waals surface area contributed by atoms with Crippen LogP contribution < -0.4 is 5.32 Å². The number of H-pyrrole nitrogens is 1. The average Bonchev–Trinajstić information content (AvgIpc) is 3.28. The zero-order valence-electron chi connectivity index (χ0n) is 14.5. The second kappa shape index (κ2) is 7.14. The van der Waals surface area contributed by atoms with Crippen molar-refractivity contribution in [3.05, 3.63) is 76.9 Å². The van der Waals surface area contributed by atoms with Crippen LogP contribution in [0.3, 0.4) is 0 Å². The van der Waals surface area contributed by atoms with Gasteiger partial charge < -0.3 is 10.3 Å². The van der Waals surface area contributed by atoms with Gasteiger partial charge in [0.05, 0.1) is 0 Å². The van der Waals surface area contributed by atoms with Crippen molar-refractivity contribution in [3.8, 4) is 10.6 Å². The summed E-state index contributed by atoms with van der Waals surface area (Å²) >= 11 is 1.59. The molecule has 2 aromatic carbocycles. The fourth-order valence-electron chi connectivity index (χ4n) is 3.03. The highest BCUT2D eigenvalue weighted by Crippen LogP contribution is 2.24. The van der Waals surface area contributed by atoms with E-state index in [0.29, 0.717) is 12.1 Å². The fourth-order valence-corrected chi connectivity index (χ4v) is 3.83. The Hall–Kier alpha value is -2.92. The van der Waals surface area contributed by atoms with Crippen LogP contribution in [0, 0.1) is 6.92 Å². The lowest BCUT2D eigenvalue weighted by molar-refractivity contribution is 0.0954. The summed E-state index contributed by atoms with van der Waals surface area (Å²) in [5.74, 6) is -0.0556. The summed E-state index contributed by atoms with van der Waals surface area (Å²) in [6.07, 6.45) is 2.81. The molecule has 4 rings (SSSR count). The zero-order valence-corrected chi connectivity index (χ0v) is 15.3. The Balaban J connectivity index is 1.42. The third kappa shape index (κ3) is 3.39. The smallest absolute Gasteiger partial charge is 0.251 e. The van der Waals surface area contributed by atoms with E-state index in [4.69, 9.17) is 0 Å². The number of benzene rings is 2. The Bertz CT molecular complexity index is 1060. The molecule has 0 aliphatic heterocycles. The molecule has 1 amide bonds. The summed E-state index contributed by atoms with van der Waals surface area (Å²) in [6, 6.07) is 15.8. The van der Waals surface area contributed by atoms with Crippen LogP contribution in [0.15, 0.2) is 60.1 Å². The van der Waals surface area contributed by atoms with Crippen molar-refractivity contribution >= 4 is 28.1 Å². The van der Waals surface area contributed by atoms with Crippen LogP contribution in [0.4, 0.5) is 0 Å². The summed E-state index contributed by atoms with van der Waals surface area (Å²) in [5, 5.41) is 7.18. The Kier molecular flexibility index (Phi) is 4.54. The summed E-state index contributed by atoms with van der Waals surface area (Å²) < 4.78 is 0. The fraction of sp³-hybridized carbons (Fsp3) is 0.143. The SMILES string of the molecule is Cc1csc(-c2cccc(C(=O)NCCc3c[nH]c4ccccc34)c2)n1. The summed E-state index contributed by atoms with van der Waals surface area (Å²) in [7, 11) is 0. The maximum atomic E-state index is 12.5. The van der Waals surface area contributed by atoms with E-state index in [1.54, 1.807) is 11.3 Å². The average molecular weight is 361 g/mol. The van der Waals surface area contributed by atoms with Crippen LogP contribution in [-0.4, -0.2) is 22.4 Å². The molecule has 0 fully saturated rings. The quantitative estimate of drug-likeness (QED) is 0.547. The molecule has 0 radical (unpaired) electrons. The number of aromatic nitrogens is 2. The number of amides is 1. The number of carbonyl (C=O) groups is 1. The number of hydrogen-bond donors (Lipinski definition) is 2. The Labute approximate surface area is 155 Å². The van der Waals surface area contributed by atoms with Gasteiger partial charge in [-0.3, -0.25) is 4.79 Å². The van der Waals surface area contributed by atoms with E-state index in [0.717, 1.165) is 28.2 Å². The van der Waals surface area contributed by atoms with E-state index in [2.05, 4.69) is 27.4 Å². The Morgan fingerprint density at radius 1 is 1.19 bits per heavy atom. The molecule has 2 heterocycles. The maximum Gasteiger partial charge on any atom is 0.251 e. The molecule has 2 N–H and O–H groups in total. The van der Waals surface area contributed by atoms with Gasteiger partial charge in [-0.2, -0.15) is 0 Å². The molecular weight excluding hydrogens is 342 g/mol. The highest BCUT2D eigenvalue weighted by atomic mass is 32.1. The molecule has 26 heavy (non-hydrogen) atoms. The molecule has 0 saturated carbocycles. The van der Waals surface area contributed by atoms with Crippen molar-refractivity contribution in [1.29, 1.82) is 0 Å². The minimum atomic E-state index is -0.0556. The highest BCUT2D eigenvalue weighted by Gasteiger charge is 2.09. The lowest BCUT2D eigenvalue weighted by Crippen LogP contribution is -2.25. The number of aryl methyl sites for hydroxylation is 1. The first kappa shape index (κ1) is 16.5. The normalized spacial score (nSPS) is 11.0. The van der Waals surface area contributed by atoms with Gasteiger partial charge in [0.2, 0.25) is 0 Å². The van der Waals surface area contributed by atoms with Gasteiger partial charge in [-0.15, -0.1) is 11.3 Å². The number of thiazole rings is 1. The summed E-state index contributed by atoms with van der Waals surface area (Å²) in [4.78, 5) is 20.2. The lowest BCUT2D eigenvalue weighted by atomic mass is 10.1. The van der Waals surface area contributed by atoms with Gasteiger partial charge >= 0.3 is 0 Å². The molecule has 4 nitrogen and oxygen atoms in total. The first-order valence-electron chi connectivity index (χ1n) is 8.56. The van der Waals surface area contributed by atoms with Crippen LogP contribution in [0.1, 0.15) is 21.6 Å². The number of hydrogen-bond acceptors (Lipinski definition) is 3. The van der Waals surface area contributed by atoms with Gasteiger partial charge in [0.15, 0.2) is 0 Å². The van der Waals surface area contributed by atoms with Crippen molar-refractivity contribution in [2.75, 3.05) is 6.54 Å². The number of nitrogens with zero attached hydrogens (tertiary/aromatic N) is 1. The van der Waals surface area contributed by atoms with E-state index < -0.39 is 0 Å². The minimum Gasteiger partial charge on any atom is -0.361 e. The van der Waals surface area contributed by atoms with E-state index in [1.165, 1.54) is 10.9 Å². The predicted molar refractivity (Wildman–Crippen MR) is 107 cm³/mol. The van der Waals surface area contributed by atoms with Crippen molar-refractivity contribution in [3.63, 3.8) is 0 Å². The van der Waals surface area contributed by atoms with Crippen molar-refractivity contribution < 1.29 is 4.79 Å². The van der Waals surface area contributed by atoms with E-state index in [-0.39, 0.29) is 5.91 Å². The molecule has 4 aromatic rings. The molecule has 0 aliphatic carbocycles. The van der Waals surface area contributed by atoms with Gasteiger partial charge in [0, 0.05) is 45.8 Å². The first-order valence-corrected chi connectivity index (χ1v) is 9.44. The first-order chi connectivity index (χ1) is 12.7. The van der Waals surface area contributed by atoms with Crippen LogP contribution in [0.2, 0.25) is 0 Å². The number of fused-ring (bicyclic) bond motifs is 1. The topological polar surface area (TPSA) is 57.8 Å². The largest absolute Gasteiger partial charge is 0.361 e. The number of rotatable bonds is 5. The number of aromatic amines is 1. The number of nitrogens with one attached hydrogen (secondary N) is 2. The van der Waals surface area contributed by atoms with Crippen molar-refractivity contribution in [2.24, 2.45) is 0 Å². The maximum absolute atomic E-state index is 12.5. The molecule has 0 atom stereocenters. The molecule has 0 saturated heterocycles. The van der Waals surface area contributed by atoms with Crippen LogP contribution in [0.5, 0.6) is 0 Å². The number of carbonyl (C=O) groups excluding carboxylic acids is 1. The van der Waals surface area contributed by atoms with E-state index in [9.17, 15) is 4.79 Å². The van der Waals surface area contributed by atoms with Crippen LogP contribution in [0.25, 0.3) is 21.5 Å². The third-order valence-electron chi connectivity index (χ3n) is 4.35. The highest BCUT2D eigenvalue weighted by molar-refractivity contribution is 7.13. The van der Waals surface area contributed by atoms with Crippen LogP contribution >= 0.6 is 11.3 Å². The van der Waals surface area contributed by atoms with Crippen LogP contribution in [-0.2, 0) is 6.42 Å². The van der Waals surface area contributed by atoms with Gasteiger partial charge in [-0.1, -0.05) is 30.3 Å². The molecule has 0 aliphatic rings. The molecule has 5 heteroatoms. The van der Waals surface area contributed by atoms with E-state index >= 15 is 0 Å². The molecule has 130 valence electrons. The molecule has 0 unspecified atom stereocenters. The molecule has 0 spiro atoms. The monoisotopic (exact) mass is 361 g/mol. The molecule has 0 bridgehead atoms. The van der Waals surface area contributed by atoms with Crippen molar-refractivity contribution in [2.45, 2.75) is 13.3 Å². The summed E-state index contributed by atoms with van der Waals surface area (Å²) in [6.45, 7) is 2.57. The second-order valence-corrected chi connectivity index (χ2v) is 7.10. The Morgan fingerprint density at radius 3 is 2.92 bits per heavy atom. The van der Waals surface area contributed by atoms with Gasteiger partial charge in [0.25, 0.3) is 5.91 Å². The van der Waals surface area contributed by atoms with Crippen molar-refractivity contribution in [1.82, 2.24) is 15.3 Å². The van der Waals surface area contributed by atoms with Gasteiger partial charge in [-0.05, 0) is 37.1 Å². The number of para-hydroxylation sites is 1. The lowest BCUT2D eigenvalue weighted by Gasteiger charge is -2.06. The minimum absolute atomic E-state index is 0.0556. The Morgan fingerprint density at radius 2 is 2.08 bits per heavy atom. The van der Waals surface area contributed by atoms with E-state index in [1.807, 2.05) is 54.9 Å². The second-order valence-electron chi connectivity index (χ2n) is 6.24. The predicted octanol–water partition coefficient (Wildman–Crippen LogP) is 4.57. The molecule has 2 aromatic heterocycles. The zero-order chi connectivity index (χ0) is 17.9. The van der Waals surface area contributed by atoms with Gasteiger partial charge in [-0.25, -0.2) is 4.98 Å².